The van der Waals surface area contributed by atoms with Gasteiger partial charge in [-0.15, -0.1) is 0 Å². The van der Waals surface area contributed by atoms with E-state index < -0.39 is 0 Å². The standard InChI is InChI=1S/C21H22BrNO3/c1-25-21(24)18-7-6-17-10-12-23(20(17)14-18)15-16-4-8-19(9-5-16)26-13-3-2-11-22/h4-10,12,14H,2-3,11,13,15H2,1H3. The molecule has 0 radical (unpaired) electrons. The minimum Gasteiger partial charge on any atom is -0.494 e. The van der Waals surface area contributed by atoms with Gasteiger partial charge in [0.2, 0.25) is 0 Å². The highest BCUT2D eigenvalue weighted by atomic mass is 79.9. The van der Waals surface area contributed by atoms with Crippen LogP contribution in [0.4, 0.5) is 0 Å². The molecule has 0 aliphatic carbocycles. The number of rotatable bonds is 8. The van der Waals surface area contributed by atoms with Crippen molar-refractivity contribution in [3.05, 3.63) is 65.9 Å². The number of hydrogen-bond donors (Lipinski definition) is 0. The number of unbranched alkanes of at least 4 members (excludes halogenated alkanes) is 1. The average molecular weight is 416 g/mol. The topological polar surface area (TPSA) is 40.5 Å². The lowest BCUT2D eigenvalue weighted by Gasteiger charge is -2.09. The number of carbonyl (C=O) groups excluding carboxylic acids is 1. The lowest BCUT2D eigenvalue weighted by atomic mass is 10.1. The predicted molar refractivity (Wildman–Crippen MR) is 107 cm³/mol. The van der Waals surface area contributed by atoms with Gasteiger partial charge in [0.15, 0.2) is 0 Å². The molecular weight excluding hydrogens is 394 g/mol. The van der Waals surface area contributed by atoms with Crippen molar-refractivity contribution in [1.82, 2.24) is 4.57 Å². The number of methoxy groups -OCH3 is 1. The van der Waals surface area contributed by atoms with Crippen LogP contribution in [0.15, 0.2) is 54.7 Å². The Morgan fingerprint density at radius 3 is 2.62 bits per heavy atom. The number of ether oxygens (including phenoxy) is 2. The van der Waals surface area contributed by atoms with Gasteiger partial charge < -0.3 is 14.0 Å². The van der Waals surface area contributed by atoms with E-state index in [0.29, 0.717) is 5.56 Å². The summed E-state index contributed by atoms with van der Waals surface area (Å²) in [6.07, 6.45) is 4.20. The lowest BCUT2D eigenvalue weighted by molar-refractivity contribution is 0.0601. The molecule has 1 aromatic heterocycles. The quantitative estimate of drug-likeness (QED) is 0.294. The van der Waals surface area contributed by atoms with E-state index in [9.17, 15) is 4.79 Å². The second kappa shape index (κ2) is 8.90. The first-order valence-corrected chi connectivity index (χ1v) is 9.78. The van der Waals surface area contributed by atoms with Crippen molar-refractivity contribution < 1.29 is 14.3 Å². The number of nitrogens with zero attached hydrogens (tertiary/aromatic N) is 1. The molecule has 0 aliphatic heterocycles. The molecular formula is C21H22BrNO3. The number of halogens is 1. The fourth-order valence-corrected chi connectivity index (χ4v) is 3.24. The summed E-state index contributed by atoms with van der Waals surface area (Å²) in [5.41, 5.74) is 2.76. The van der Waals surface area contributed by atoms with Crippen LogP contribution in [0.5, 0.6) is 5.75 Å². The third kappa shape index (κ3) is 4.47. The van der Waals surface area contributed by atoms with Gasteiger partial charge in [0.1, 0.15) is 5.75 Å². The summed E-state index contributed by atoms with van der Waals surface area (Å²) in [5.74, 6) is 0.578. The van der Waals surface area contributed by atoms with E-state index >= 15 is 0 Å². The maximum Gasteiger partial charge on any atom is 0.337 e. The average Bonchev–Trinajstić information content (AvgIpc) is 3.08. The molecule has 0 bridgehead atoms. The predicted octanol–water partition coefficient (Wildman–Crippen LogP) is 5.03. The molecule has 0 saturated carbocycles. The lowest BCUT2D eigenvalue weighted by Crippen LogP contribution is -2.03. The smallest absolute Gasteiger partial charge is 0.337 e. The number of carbonyl (C=O) groups is 1. The zero-order chi connectivity index (χ0) is 18.4. The third-order valence-electron chi connectivity index (χ3n) is 4.27. The second-order valence-electron chi connectivity index (χ2n) is 6.10. The summed E-state index contributed by atoms with van der Waals surface area (Å²) < 4.78 is 12.7. The summed E-state index contributed by atoms with van der Waals surface area (Å²) in [6, 6.07) is 15.8. The van der Waals surface area contributed by atoms with Gasteiger partial charge in [-0.25, -0.2) is 4.79 Å². The van der Waals surface area contributed by atoms with Gasteiger partial charge >= 0.3 is 5.97 Å². The molecule has 0 spiro atoms. The molecule has 0 atom stereocenters. The molecule has 1 heterocycles. The molecule has 0 fully saturated rings. The van der Waals surface area contributed by atoms with E-state index in [1.165, 1.54) is 12.7 Å². The van der Waals surface area contributed by atoms with Gasteiger partial charge in [0, 0.05) is 23.6 Å². The molecule has 3 aromatic rings. The largest absolute Gasteiger partial charge is 0.494 e. The van der Waals surface area contributed by atoms with Gasteiger partial charge in [0.25, 0.3) is 0 Å². The van der Waals surface area contributed by atoms with Crippen LogP contribution in [-0.2, 0) is 11.3 Å². The van der Waals surface area contributed by atoms with Gasteiger partial charge in [-0.3, -0.25) is 0 Å². The van der Waals surface area contributed by atoms with Crippen molar-refractivity contribution in [3.63, 3.8) is 0 Å². The number of esters is 1. The molecule has 0 aliphatic rings. The Labute approximate surface area is 161 Å². The van der Waals surface area contributed by atoms with Crippen LogP contribution < -0.4 is 4.74 Å². The van der Waals surface area contributed by atoms with Gasteiger partial charge in [0.05, 0.1) is 19.3 Å². The Hall–Kier alpha value is -2.27. The summed E-state index contributed by atoms with van der Waals surface area (Å²) in [7, 11) is 1.40. The van der Waals surface area contributed by atoms with Crippen molar-refractivity contribution in [1.29, 1.82) is 0 Å². The fraction of sp³-hybridized carbons (Fsp3) is 0.286. The molecule has 4 nitrogen and oxygen atoms in total. The molecule has 26 heavy (non-hydrogen) atoms. The maximum atomic E-state index is 11.8. The Kier molecular flexibility index (Phi) is 6.34. The summed E-state index contributed by atoms with van der Waals surface area (Å²) in [5, 5.41) is 2.11. The summed E-state index contributed by atoms with van der Waals surface area (Å²) in [4.78, 5) is 11.8. The zero-order valence-electron chi connectivity index (χ0n) is 14.8. The molecule has 5 heteroatoms. The molecule has 136 valence electrons. The minimum absolute atomic E-state index is 0.318. The molecule has 0 unspecified atom stereocenters. The first kappa shape index (κ1) is 18.5. The fourth-order valence-electron chi connectivity index (χ4n) is 2.84. The normalized spacial score (nSPS) is 10.8. The van der Waals surface area contributed by atoms with E-state index in [1.54, 1.807) is 6.07 Å². The highest BCUT2D eigenvalue weighted by Gasteiger charge is 2.09. The van der Waals surface area contributed by atoms with Gasteiger partial charge in [-0.1, -0.05) is 34.1 Å². The number of benzene rings is 2. The summed E-state index contributed by atoms with van der Waals surface area (Å²) in [6.45, 7) is 1.47. The zero-order valence-corrected chi connectivity index (χ0v) is 16.4. The maximum absolute atomic E-state index is 11.8. The van der Waals surface area contributed by atoms with Crippen molar-refractivity contribution >= 4 is 32.8 Å². The SMILES string of the molecule is COC(=O)c1ccc2ccn(Cc3ccc(OCCCCBr)cc3)c2c1. The van der Waals surface area contributed by atoms with E-state index in [-0.39, 0.29) is 5.97 Å². The van der Waals surface area contributed by atoms with Crippen LogP contribution in [0.3, 0.4) is 0 Å². The first-order chi connectivity index (χ1) is 12.7. The number of fused-ring (bicyclic) bond motifs is 1. The monoisotopic (exact) mass is 415 g/mol. The molecule has 0 N–H and O–H groups in total. The van der Waals surface area contributed by atoms with Crippen LogP contribution in [-0.4, -0.2) is 29.6 Å². The highest BCUT2D eigenvalue weighted by molar-refractivity contribution is 9.09. The van der Waals surface area contributed by atoms with Crippen molar-refractivity contribution in [3.8, 4) is 5.75 Å². The Bertz CT molecular complexity index is 871. The highest BCUT2D eigenvalue weighted by Crippen LogP contribution is 2.21. The first-order valence-electron chi connectivity index (χ1n) is 8.66. The van der Waals surface area contributed by atoms with Crippen LogP contribution in [0.25, 0.3) is 10.9 Å². The summed E-state index contributed by atoms with van der Waals surface area (Å²) >= 11 is 3.42. The third-order valence-corrected chi connectivity index (χ3v) is 4.83. The van der Waals surface area contributed by atoms with Crippen LogP contribution in [0, 0.1) is 0 Å². The number of hydrogen-bond acceptors (Lipinski definition) is 3. The van der Waals surface area contributed by atoms with Crippen LogP contribution in [0.1, 0.15) is 28.8 Å². The number of aromatic nitrogens is 1. The molecule has 3 rings (SSSR count). The Balaban J connectivity index is 1.71. The van der Waals surface area contributed by atoms with Gasteiger partial charge in [-0.2, -0.15) is 0 Å². The molecule has 2 aromatic carbocycles. The van der Waals surface area contributed by atoms with Crippen LogP contribution >= 0.6 is 15.9 Å². The number of alkyl halides is 1. The van der Waals surface area contributed by atoms with E-state index in [2.05, 4.69) is 38.7 Å². The van der Waals surface area contributed by atoms with E-state index in [0.717, 1.165) is 48.0 Å². The second-order valence-corrected chi connectivity index (χ2v) is 6.89. The van der Waals surface area contributed by atoms with Crippen molar-refractivity contribution in [2.75, 3.05) is 19.0 Å². The van der Waals surface area contributed by atoms with E-state index in [1.807, 2.05) is 30.5 Å². The Morgan fingerprint density at radius 1 is 1.08 bits per heavy atom. The molecule has 0 amide bonds. The van der Waals surface area contributed by atoms with Crippen molar-refractivity contribution in [2.24, 2.45) is 0 Å². The van der Waals surface area contributed by atoms with Crippen molar-refractivity contribution in [2.45, 2.75) is 19.4 Å². The minimum atomic E-state index is -0.318. The van der Waals surface area contributed by atoms with Gasteiger partial charge in [-0.05, 0) is 54.1 Å². The van der Waals surface area contributed by atoms with Crippen LogP contribution in [0.2, 0.25) is 0 Å². The Morgan fingerprint density at radius 2 is 1.88 bits per heavy atom. The van der Waals surface area contributed by atoms with E-state index in [4.69, 9.17) is 9.47 Å². The molecule has 0 saturated heterocycles.